The van der Waals surface area contributed by atoms with Crippen molar-refractivity contribution in [2.75, 3.05) is 0 Å². The second kappa shape index (κ2) is 3.50. The van der Waals surface area contributed by atoms with E-state index in [9.17, 15) is 0 Å². The molecule has 1 heterocycles. The Morgan fingerprint density at radius 2 is 1.87 bits per heavy atom. The van der Waals surface area contributed by atoms with Gasteiger partial charge in [-0.25, -0.2) is 0 Å². The molecule has 1 nitrogen and oxygen atoms in total. The highest BCUT2D eigenvalue weighted by Crippen LogP contribution is 2.25. The molecule has 2 aromatic rings. The summed E-state index contributed by atoms with van der Waals surface area (Å²) in [6.07, 6.45) is -1.94. The minimum atomic E-state index is -1.64. The average molecular weight is 199 g/mol. The van der Waals surface area contributed by atoms with Crippen molar-refractivity contribution in [2.24, 2.45) is 0 Å². The number of aromatic nitrogens is 1. The predicted octanol–water partition coefficient (Wildman–Crippen LogP) is 3.24. The van der Waals surface area contributed by atoms with Gasteiger partial charge < -0.3 is 0 Å². The molecule has 0 amide bonds. The largest absolute Gasteiger partial charge is 0.256 e. The Balaban J connectivity index is 2.16. The molecule has 0 fully saturated rings. The summed E-state index contributed by atoms with van der Waals surface area (Å²) in [5.74, 6) is 0. The van der Waals surface area contributed by atoms with Gasteiger partial charge in [-0.2, -0.15) is 0 Å². The molecule has 1 heteroatoms. The van der Waals surface area contributed by atoms with Gasteiger partial charge in [0.15, 0.2) is 0 Å². The first-order chi connectivity index (χ1) is 8.90. The molecule has 0 saturated heterocycles. The quantitative estimate of drug-likeness (QED) is 0.687. The first-order valence-electron chi connectivity index (χ1n) is 6.97. The number of hydrogen-bond donors (Lipinski definition) is 0. The van der Waals surface area contributed by atoms with Gasteiger partial charge in [0.1, 0.15) is 0 Å². The van der Waals surface area contributed by atoms with E-state index in [2.05, 4.69) is 4.98 Å². The van der Waals surface area contributed by atoms with Crippen LogP contribution in [0.25, 0.3) is 11.3 Å². The third kappa shape index (κ3) is 1.54. The van der Waals surface area contributed by atoms with Crippen molar-refractivity contribution in [1.29, 1.82) is 0 Å². The number of hydrogen-bond acceptors (Lipinski definition) is 1. The maximum Gasteiger partial charge on any atom is 0.0704 e. The van der Waals surface area contributed by atoms with Crippen LogP contribution in [0.4, 0.5) is 0 Å². The highest BCUT2D eigenvalue weighted by Gasteiger charge is 2.11. The number of nitrogens with zero attached hydrogens (tertiary/aromatic N) is 1. The van der Waals surface area contributed by atoms with Gasteiger partial charge in [0.25, 0.3) is 0 Å². The summed E-state index contributed by atoms with van der Waals surface area (Å²) in [4.78, 5) is 4.28. The molecule has 1 aromatic carbocycles. The molecule has 15 heavy (non-hydrogen) atoms. The predicted molar refractivity (Wildman–Crippen MR) is 61.7 cm³/mol. The van der Waals surface area contributed by atoms with E-state index in [-0.39, 0.29) is 6.42 Å². The normalized spacial score (nSPS) is 24.5. The summed E-state index contributed by atoms with van der Waals surface area (Å²) in [5, 5.41) is 0. The van der Waals surface area contributed by atoms with E-state index in [0.29, 0.717) is 16.8 Å². The summed E-state index contributed by atoms with van der Waals surface area (Å²) in [7, 11) is 0. The van der Waals surface area contributed by atoms with Crippen LogP contribution < -0.4 is 0 Å². The van der Waals surface area contributed by atoms with Crippen molar-refractivity contribution in [3.05, 3.63) is 53.7 Å². The van der Waals surface area contributed by atoms with Crippen molar-refractivity contribution < 1.29 is 5.48 Å². The Morgan fingerprint density at radius 3 is 2.73 bits per heavy atom. The third-order valence-corrected chi connectivity index (χ3v) is 2.53. The molecular formula is C14H13N. The fraction of sp³-hybridized carbons (Fsp3) is 0.214. The van der Waals surface area contributed by atoms with Crippen LogP contribution >= 0.6 is 0 Å². The Kier molecular flexibility index (Phi) is 1.27. The lowest BCUT2D eigenvalue weighted by atomic mass is 10.1. The molecule has 0 bridgehead atoms. The van der Waals surface area contributed by atoms with Gasteiger partial charge in [0.2, 0.25) is 0 Å². The maximum atomic E-state index is 7.98. The fourth-order valence-electron chi connectivity index (χ4n) is 1.74. The molecule has 0 spiro atoms. The van der Waals surface area contributed by atoms with E-state index in [1.165, 1.54) is 6.20 Å². The molecule has 1 aliphatic carbocycles. The van der Waals surface area contributed by atoms with Gasteiger partial charge >= 0.3 is 0 Å². The average Bonchev–Trinajstić information content (AvgIpc) is 2.56. The van der Waals surface area contributed by atoms with Crippen LogP contribution in [0, 0.1) is 0 Å². The van der Waals surface area contributed by atoms with Crippen molar-refractivity contribution in [1.82, 2.24) is 4.98 Å². The standard InChI is InChI=1S/C14H13N/c1-2-5-11(6-3-1)14-9-12-7-4-8-13(12)10-15-14/h1-3,5-6,9-10H,4,7-8H2/i7D2,8D2. The second-order valence-electron chi connectivity index (χ2n) is 3.51. The van der Waals surface area contributed by atoms with Crippen molar-refractivity contribution >= 4 is 0 Å². The monoisotopic (exact) mass is 199 g/mol. The van der Waals surface area contributed by atoms with Crippen LogP contribution in [0.1, 0.15) is 23.0 Å². The van der Waals surface area contributed by atoms with Gasteiger partial charge in [0.05, 0.1) is 5.69 Å². The Labute approximate surface area is 95.4 Å². The Hall–Kier alpha value is -1.63. The summed E-state index contributed by atoms with van der Waals surface area (Å²) in [6, 6.07) is 11.2. The van der Waals surface area contributed by atoms with Gasteiger partial charge in [-0.15, -0.1) is 0 Å². The minimum Gasteiger partial charge on any atom is -0.256 e. The maximum absolute atomic E-state index is 7.98. The summed E-state index contributed by atoms with van der Waals surface area (Å²) < 4.78 is 31.7. The SMILES string of the molecule is [2H]C1([2H])CC([2H])([2H])c2cc(-c3ccccc3)ncc21. The summed E-state index contributed by atoms with van der Waals surface area (Å²) in [5.41, 5.74) is 2.39. The molecule has 3 rings (SSSR count). The number of benzene rings is 1. The van der Waals surface area contributed by atoms with Gasteiger partial charge in [-0.1, -0.05) is 30.3 Å². The highest BCUT2D eigenvalue weighted by atomic mass is 14.7. The molecule has 1 aromatic heterocycles. The van der Waals surface area contributed by atoms with Crippen LogP contribution in [0.3, 0.4) is 0 Å². The van der Waals surface area contributed by atoms with Crippen molar-refractivity contribution in [2.45, 2.75) is 19.2 Å². The third-order valence-electron chi connectivity index (χ3n) is 2.53. The summed E-state index contributed by atoms with van der Waals surface area (Å²) >= 11 is 0. The van der Waals surface area contributed by atoms with Crippen LogP contribution in [0.2, 0.25) is 0 Å². The number of rotatable bonds is 1. The van der Waals surface area contributed by atoms with Gasteiger partial charge in [0, 0.05) is 17.2 Å². The Bertz CT molecular complexity index is 623. The molecule has 0 N–H and O–H groups in total. The molecular weight excluding hydrogens is 182 g/mol. The van der Waals surface area contributed by atoms with E-state index in [1.54, 1.807) is 6.07 Å². The van der Waals surface area contributed by atoms with Gasteiger partial charge in [-0.05, 0) is 36.4 Å². The molecule has 74 valence electrons. The second-order valence-corrected chi connectivity index (χ2v) is 3.51. The van der Waals surface area contributed by atoms with Crippen molar-refractivity contribution in [3.8, 4) is 11.3 Å². The zero-order valence-electron chi connectivity index (χ0n) is 12.2. The summed E-state index contributed by atoms with van der Waals surface area (Å²) in [6.45, 7) is 0. The Morgan fingerprint density at radius 1 is 1.07 bits per heavy atom. The zero-order chi connectivity index (χ0) is 13.7. The lowest BCUT2D eigenvalue weighted by molar-refractivity contribution is 0.911. The highest BCUT2D eigenvalue weighted by molar-refractivity contribution is 5.60. The van der Waals surface area contributed by atoms with Crippen molar-refractivity contribution in [3.63, 3.8) is 0 Å². The van der Waals surface area contributed by atoms with Crippen LogP contribution in [-0.2, 0) is 12.7 Å². The van der Waals surface area contributed by atoms with E-state index < -0.39 is 12.7 Å². The van der Waals surface area contributed by atoms with Gasteiger partial charge in [-0.3, -0.25) is 4.98 Å². The topological polar surface area (TPSA) is 12.9 Å². The molecule has 0 atom stereocenters. The first kappa shape index (κ1) is 5.45. The molecule has 0 aliphatic heterocycles. The first-order valence-corrected chi connectivity index (χ1v) is 4.97. The minimum absolute atomic E-state index is 0.144. The lowest BCUT2D eigenvalue weighted by Gasteiger charge is -2.03. The van der Waals surface area contributed by atoms with E-state index in [1.807, 2.05) is 30.3 Å². The van der Waals surface area contributed by atoms with Crippen LogP contribution in [-0.4, -0.2) is 4.98 Å². The number of pyridine rings is 1. The van der Waals surface area contributed by atoms with E-state index in [0.717, 1.165) is 5.56 Å². The van der Waals surface area contributed by atoms with E-state index >= 15 is 0 Å². The smallest absolute Gasteiger partial charge is 0.0704 e. The number of fused-ring (bicyclic) bond motifs is 1. The molecule has 0 unspecified atom stereocenters. The van der Waals surface area contributed by atoms with E-state index in [4.69, 9.17) is 5.48 Å². The van der Waals surface area contributed by atoms with Crippen LogP contribution in [0.15, 0.2) is 42.6 Å². The molecule has 0 radical (unpaired) electrons. The van der Waals surface area contributed by atoms with Crippen LogP contribution in [0.5, 0.6) is 0 Å². The molecule has 1 aliphatic rings. The lowest BCUT2D eigenvalue weighted by Crippen LogP contribution is -1.88. The zero-order valence-corrected chi connectivity index (χ0v) is 8.20. The molecule has 0 saturated carbocycles. The number of aryl methyl sites for hydroxylation is 2. The fourth-order valence-corrected chi connectivity index (χ4v) is 1.74.